The lowest BCUT2D eigenvalue weighted by molar-refractivity contribution is -0.124. The van der Waals surface area contributed by atoms with Crippen LogP contribution in [0, 0.1) is 0 Å². The molecule has 1 amide bonds. The van der Waals surface area contributed by atoms with E-state index in [-0.39, 0.29) is 18.1 Å². The predicted octanol–water partition coefficient (Wildman–Crippen LogP) is 3.80. The first kappa shape index (κ1) is 20.6. The van der Waals surface area contributed by atoms with Gasteiger partial charge in [-0.2, -0.15) is 0 Å². The largest absolute Gasteiger partial charge is 0.490 e. The van der Waals surface area contributed by atoms with Gasteiger partial charge in [0.15, 0.2) is 18.1 Å². The summed E-state index contributed by atoms with van der Waals surface area (Å²) in [5.41, 5.74) is 0.906. The van der Waals surface area contributed by atoms with Crippen molar-refractivity contribution in [3.8, 4) is 11.5 Å². The molecule has 5 nitrogen and oxygen atoms in total. The number of carbonyl (C=O) groups is 1. The Bertz CT molecular complexity index is 575. The molecular weight excluding hydrogens is 328 g/mol. The average molecular weight is 363 g/mol. The van der Waals surface area contributed by atoms with Gasteiger partial charge in [-0.05, 0) is 58.2 Å². The Hall–Kier alpha value is -1.75. The van der Waals surface area contributed by atoms with E-state index in [0.717, 1.165) is 6.54 Å². The molecule has 1 fully saturated rings. The van der Waals surface area contributed by atoms with Gasteiger partial charge < -0.3 is 20.1 Å². The first-order valence-electron chi connectivity index (χ1n) is 9.80. The van der Waals surface area contributed by atoms with Crippen LogP contribution in [0.2, 0.25) is 0 Å². The molecule has 0 heterocycles. The van der Waals surface area contributed by atoms with E-state index in [1.807, 2.05) is 45.9 Å². The third kappa shape index (κ3) is 7.24. The topological polar surface area (TPSA) is 59.6 Å². The molecule has 0 aliphatic heterocycles. The second-order valence-electron chi connectivity index (χ2n) is 8.02. The number of hydrogen-bond acceptors (Lipinski definition) is 4. The van der Waals surface area contributed by atoms with Crippen LogP contribution < -0.4 is 20.1 Å². The summed E-state index contributed by atoms with van der Waals surface area (Å²) >= 11 is 0. The van der Waals surface area contributed by atoms with Gasteiger partial charge in [0.2, 0.25) is 0 Å². The first-order chi connectivity index (χ1) is 12.4. The zero-order valence-electron chi connectivity index (χ0n) is 16.7. The maximum Gasteiger partial charge on any atom is 0.258 e. The lowest BCUT2D eigenvalue weighted by Gasteiger charge is -2.23. The minimum absolute atomic E-state index is 0.0169. The molecule has 0 aromatic heterocycles. The van der Waals surface area contributed by atoms with E-state index in [4.69, 9.17) is 9.47 Å². The van der Waals surface area contributed by atoms with Crippen LogP contribution >= 0.6 is 0 Å². The maximum atomic E-state index is 12.0. The van der Waals surface area contributed by atoms with E-state index >= 15 is 0 Å². The van der Waals surface area contributed by atoms with Crippen molar-refractivity contribution in [3.63, 3.8) is 0 Å². The second-order valence-corrected chi connectivity index (χ2v) is 8.02. The lowest BCUT2D eigenvalue weighted by atomic mass is 9.95. The summed E-state index contributed by atoms with van der Waals surface area (Å²) in [6.45, 7) is 9.17. The van der Waals surface area contributed by atoms with Crippen molar-refractivity contribution in [3.05, 3.63) is 23.8 Å². The number of ether oxygens (including phenoxy) is 2. The van der Waals surface area contributed by atoms with Gasteiger partial charge >= 0.3 is 0 Å². The van der Waals surface area contributed by atoms with Crippen LogP contribution in [0.1, 0.15) is 65.4 Å². The van der Waals surface area contributed by atoms with Crippen LogP contribution in [0.5, 0.6) is 11.5 Å². The minimum Gasteiger partial charge on any atom is -0.490 e. The molecule has 1 aromatic carbocycles. The molecule has 0 atom stereocenters. The van der Waals surface area contributed by atoms with E-state index in [1.54, 1.807) is 0 Å². The molecule has 1 aliphatic rings. The average Bonchev–Trinajstić information content (AvgIpc) is 2.59. The third-order valence-electron chi connectivity index (χ3n) is 4.38. The van der Waals surface area contributed by atoms with Crippen LogP contribution in [0.4, 0.5) is 0 Å². The van der Waals surface area contributed by atoms with Gasteiger partial charge in [-0.15, -0.1) is 0 Å². The Kier molecular flexibility index (Phi) is 7.76. The second kappa shape index (κ2) is 9.81. The third-order valence-corrected chi connectivity index (χ3v) is 4.38. The number of nitrogens with one attached hydrogen (secondary N) is 2. The quantitative estimate of drug-likeness (QED) is 0.738. The molecule has 2 rings (SSSR count). The van der Waals surface area contributed by atoms with E-state index in [9.17, 15) is 4.79 Å². The van der Waals surface area contributed by atoms with Crippen LogP contribution in [0.25, 0.3) is 0 Å². The highest BCUT2D eigenvalue weighted by molar-refractivity contribution is 5.78. The van der Waals surface area contributed by atoms with Crippen molar-refractivity contribution in [2.24, 2.45) is 0 Å². The molecule has 0 unspecified atom stereocenters. The van der Waals surface area contributed by atoms with Gasteiger partial charge in [0.1, 0.15) is 0 Å². The molecule has 1 aliphatic carbocycles. The minimum atomic E-state index is -0.266. The van der Waals surface area contributed by atoms with Gasteiger partial charge in [-0.25, -0.2) is 0 Å². The molecule has 1 saturated carbocycles. The van der Waals surface area contributed by atoms with E-state index in [2.05, 4.69) is 10.6 Å². The van der Waals surface area contributed by atoms with Crippen molar-refractivity contribution in [2.45, 2.75) is 77.9 Å². The van der Waals surface area contributed by atoms with E-state index in [1.165, 1.54) is 37.7 Å². The van der Waals surface area contributed by atoms with Gasteiger partial charge in [0, 0.05) is 18.1 Å². The number of hydrogen-bond donors (Lipinski definition) is 2. The van der Waals surface area contributed by atoms with Crippen molar-refractivity contribution < 1.29 is 14.3 Å². The Balaban J connectivity index is 1.93. The molecule has 5 heteroatoms. The smallest absolute Gasteiger partial charge is 0.258 e. The molecule has 2 N–H and O–H groups in total. The van der Waals surface area contributed by atoms with Gasteiger partial charge in [0.05, 0.1) is 6.61 Å². The monoisotopic (exact) mass is 362 g/mol. The summed E-state index contributed by atoms with van der Waals surface area (Å²) in [6, 6.07) is 6.56. The summed E-state index contributed by atoms with van der Waals surface area (Å²) in [5, 5.41) is 6.54. The highest BCUT2D eigenvalue weighted by Gasteiger charge is 2.16. The van der Waals surface area contributed by atoms with E-state index in [0.29, 0.717) is 24.1 Å². The number of benzene rings is 1. The Labute approximate surface area is 157 Å². The predicted molar refractivity (Wildman–Crippen MR) is 105 cm³/mol. The van der Waals surface area contributed by atoms with Crippen LogP contribution in [-0.4, -0.2) is 30.7 Å². The van der Waals surface area contributed by atoms with Crippen LogP contribution in [0.15, 0.2) is 18.2 Å². The number of amides is 1. The van der Waals surface area contributed by atoms with Gasteiger partial charge in [-0.3, -0.25) is 4.79 Å². The zero-order valence-corrected chi connectivity index (χ0v) is 16.7. The number of carbonyl (C=O) groups excluding carboxylic acids is 1. The van der Waals surface area contributed by atoms with Crippen molar-refractivity contribution in [2.75, 3.05) is 13.2 Å². The lowest BCUT2D eigenvalue weighted by Crippen LogP contribution is -2.43. The molecule has 146 valence electrons. The zero-order chi connectivity index (χ0) is 19.0. The fraction of sp³-hybridized carbons (Fsp3) is 0.667. The number of rotatable bonds is 8. The highest BCUT2D eigenvalue weighted by Crippen LogP contribution is 2.29. The van der Waals surface area contributed by atoms with E-state index < -0.39 is 0 Å². The SMILES string of the molecule is CCOc1cc(CNC2CCCCC2)ccc1OCC(=O)NC(C)(C)C. The van der Waals surface area contributed by atoms with Crippen molar-refractivity contribution >= 4 is 5.91 Å². The normalized spacial score (nSPS) is 15.5. The molecular formula is C21H34N2O3. The highest BCUT2D eigenvalue weighted by atomic mass is 16.5. The fourth-order valence-electron chi connectivity index (χ4n) is 3.22. The fourth-order valence-corrected chi connectivity index (χ4v) is 3.22. The van der Waals surface area contributed by atoms with Crippen molar-refractivity contribution in [1.29, 1.82) is 0 Å². The maximum absolute atomic E-state index is 12.0. The molecule has 1 aromatic rings. The Morgan fingerprint density at radius 1 is 1.12 bits per heavy atom. The summed E-state index contributed by atoms with van der Waals surface area (Å²) in [4.78, 5) is 12.0. The molecule has 0 bridgehead atoms. The van der Waals surface area contributed by atoms with Crippen LogP contribution in [0.3, 0.4) is 0 Å². The first-order valence-corrected chi connectivity index (χ1v) is 9.80. The summed E-state index contributed by atoms with van der Waals surface area (Å²) < 4.78 is 11.4. The molecule has 0 radical (unpaired) electrons. The standard InChI is InChI=1S/C21H34N2O3/c1-5-25-19-13-16(14-22-17-9-7-6-8-10-17)11-12-18(19)26-15-20(24)23-21(2,3)4/h11-13,17,22H,5-10,14-15H2,1-4H3,(H,23,24). The van der Waals surface area contributed by atoms with Crippen LogP contribution in [-0.2, 0) is 11.3 Å². The molecule has 0 saturated heterocycles. The molecule has 26 heavy (non-hydrogen) atoms. The summed E-state index contributed by atoms with van der Waals surface area (Å²) in [6.07, 6.45) is 6.54. The summed E-state index contributed by atoms with van der Waals surface area (Å²) in [5.74, 6) is 1.17. The Morgan fingerprint density at radius 3 is 2.50 bits per heavy atom. The Morgan fingerprint density at radius 2 is 1.85 bits per heavy atom. The van der Waals surface area contributed by atoms with Crippen molar-refractivity contribution in [1.82, 2.24) is 10.6 Å². The van der Waals surface area contributed by atoms with Gasteiger partial charge in [-0.1, -0.05) is 25.3 Å². The van der Waals surface area contributed by atoms with Gasteiger partial charge in [0.25, 0.3) is 5.91 Å². The summed E-state index contributed by atoms with van der Waals surface area (Å²) in [7, 11) is 0. The molecule has 0 spiro atoms.